The zero-order valence-corrected chi connectivity index (χ0v) is 10.6. The summed E-state index contributed by atoms with van der Waals surface area (Å²) in [5, 5.41) is 12.6. The topological polar surface area (TPSA) is 89.3 Å². The van der Waals surface area contributed by atoms with Gasteiger partial charge >= 0.3 is 5.97 Å². The molecule has 0 aromatic carbocycles. The molecule has 1 rings (SSSR count). The maximum absolute atomic E-state index is 11.6. The molecule has 0 aliphatic heterocycles. The number of nitrogens with zero attached hydrogens (tertiary/aromatic N) is 2. The van der Waals surface area contributed by atoms with Crippen LogP contribution in [-0.4, -0.2) is 40.8 Å². The number of carboxylic acid groups (broad SMARTS) is 1. The van der Waals surface area contributed by atoms with Gasteiger partial charge in [-0.15, -0.1) is 0 Å². The van der Waals surface area contributed by atoms with Crippen molar-refractivity contribution >= 4 is 15.8 Å². The van der Waals surface area contributed by atoms with Crippen molar-refractivity contribution in [3.05, 3.63) is 18.0 Å². The molecule has 0 saturated carbocycles. The standard InChI is InChI=1S/C10H16N2O4S/c1-8(10(13)14)7-17(15,16)4-3-9-5-11-12(2)6-9/h5-6,8H,3-4,7H2,1-2H3,(H,13,14). The van der Waals surface area contributed by atoms with Crippen molar-refractivity contribution in [2.45, 2.75) is 13.3 Å². The van der Waals surface area contributed by atoms with E-state index < -0.39 is 21.7 Å². The average molecular weight is 260 g/mol. The van der Waals surface area contributed by atoms with Gasteiger partial charge in [0, 0.05) is 13.2 Å². The zero-order valence-electron chi connectivity index (χ0n) is 9.83. The first-order valence-electron chi connectivity index (χ1n) is 5.21. The highest BCUT2D eigenvalue weighted by molar-refractivity contribution is 7.91. The first-order valence-corrected chi connectivity index (χ1v) is 7.03. The summed E-state index contributed by atoms with van der Waals surface area (Å²) in [6.45, 7) is 1.39. The third-order valence-electron chi connectivity index (χ3n) is 2.39. The lowest BCUT2D eigenvalue weighted by Gasteiger charge is -2.06. The molecule has 1 aromatic rings. The van der Waals surface area contributed by atoms with E-state index in [9.17, 15) is 13.2 Å². The normalized spacial score (nSPS) is 13.5. The molecule has 0 aliphatic rings. The number of hydrogen-bond acceptors (Lipinski definition) is 4. The Morgan fingerprint density at radius 2 is 2.24 bits per heavy atom. The second-order valence-corrected chi connectivity index (χ2v) is 6.35. The summed E-state index contributed by atoms with van der Waals surface area (Å²) in [6.07, 6.45) is 3.72. The first kappa shape index (κ1) is 13.7. The second-order valence-electron chi connectivity index (χ2n) is 4.13. The summed E-state index contributed by atoms with van der Waals surface area (Å²) in [7, 11) is -1.58. The zero-order chi connectivity index (χ0) is 13.1. The van der Waals surface area contributed by atoms with Crippen molar-refractivity contribution < 1.29 is 18.3 Å². The van der Waals surface area contributed by atoms with Crippen molar-refractivity contribution in [2.24, 2.45) is 13.0 Å². The third-order valence-corrected chi connectivity index (χ3v) is 4.22. The van der Waals surface area contributed by atoms with Crippen LogP contribution in [0.5, 0.6) is 0 Å². The van der Waals surface area contributed by atoms with Gasteiger partial charge in [-0.3, -0.25) is 9.48 Å². The summed E-state index contributed by atoms with van der Waals surface area (Å²) < 4.78 is 24.9. The van der Waals surface area contributed by atoms with E-state index in [1.807, 2.05) is 0 Å². The molecule has 1 atom stereocenters. The van der Waals surface area contributed by atoms with Gasteiger partial charge < -0.3 is 5.11 Å². The largest absolute Gasteiger partial charge is 0.481 e. The highest BCUT2D eigenvalue weighted by Crippen LogP contribution is 2.06. The maximum atomic E-state index is 11.6. The predicted molar refractivity (Wildman–Crippen MR) is 62.4 cm³/mol. The molecule has 1 aromatic heterocycles. The van der Waals surface area contributed by atoms with Gasteiger partial charge in [0.05, 0.1) is 23.6 Å². The number of aromatic nitrogens is 2. The minimum Gasteiger partial charge on any atom is -0.481 e. The van der Waals surface area contributed by atoms with E-state index in [4.69, 9.17) is 5.11 Å². The van der Waals surface area contributed by atoms with Gasteiger partial charge in [0.25, 0.3) is 0 Å². The third kappa shape index (κ3) is 4.56. The Bertz CT molecular complexity index is 492. The van der Waals surface area contributed by atoms with Gasteiger partial charge in [0.2, 0.25) is 0 Å². The summed E-state index contributed by atoms with van der Waals surface area (Å²) in [6, 6.07) is 0. The van der Waals surface area contributed by atoms with Crippen LogP contribution in [0.25, 0.3) is 0 Å². The summed E-state index contributed by atoms with van der Waals surface area (Å²) in [4.78, 5) is 10.6. The summed E-state index contributed by atoms with van der Waals surface area (Å²) >= 11 is 0. The Hall–Kier alpha value is -1.37. The number of carboxylic acids is 1. The van der Waals surface area contributed by atoms with E-state index >= 15 is 0 Å². The van der Waals surface area contributed by atoms with Crippen molar-refractivity contribution in [1.29, 1.82) is 0 Å². The van der Waals surface area contributed by atoms with Gasteiger partial charge in [-0.1, -0.05) is 6.92 Å². The van der Waals surface area contributed by atoms with E-state index in [1.54, 1.807) is 24.1 Å². The Labute approximate surface area is 100 Å². The van der Waals surface area contributed by atoms with Crippen LogP contribution in [0.2, 0.25) is 0 Å². The second kappa shape index (κ2) is 5.31. The lowest BCUT2D eigenvalue weighted by Crippen LogP contribution is -2.23. The smallest absolute Gasteiger partial charge is 0.307 e. The van der Waals surface area contributed by atoms with Crippen LogP contribution < -0.4 is 0 Å². The Balaban J connectivity index is 2.53. The number of sulfone groups is 1. The molecule has 0 fully saturated rings. The van der Waals surface area contributed by atoms with E-state index in [0.29, 0.717) is 6.42 Å². The number of aryl methyl sites for hydroxylation is 2. The molecule has 0 radical (unpaired) electrons. The number of hydrogen-bond donors (Lipinski definition) is 1. The Morgan fingerprint density at radius 1 is 1.59 bits per heavy atom. The number of aliphatic carboxylic acids is 1. The van der Waals surface area contributed by atoms with Crippen molar-refractivity contribution in [3.63, 3.8) is 0 Å². The van der Waals surface area contributed by atoms with E-state index in [-0.39, 0.29) is 11.5 Å². The van der Waals surface area contributed by atoms with Crippen LogP contribution in [0.3, 0.4) is 0 Å². The molecule has 17 heavy (non-hydrogen) atoms. The molecule has 0 spiro atoms. The van der Waals surface area contributed by atoms with Crippen molar-refractivity contribution in [2.75, 3.05) is 11.5 Å². The Morgan fingerprint density at radius 3 is 2.71 bits per heavy atom. The molecule has 6 nitrogen and oxygen atoms in total. The first-order chi connectivity index (χ1) is 7.80. The van der Waals surface area contributed by atoms with Crippen molar-refractivity contribution in [3.8, 4) is 0 Å². The molecule has 0 bridgehead atoms. The molecule has 0 saturated heterocycles. The maximum Gasteiger partial charge on any atom is 0.307 e. The van der Waals surface area contributed by atoms with Crippen LogP contribution in [0, 0.1) is 5.92 Å². The van der Waals surface area contributed by atoms with Crippen LogP contribution in [0.4, 0.5) is 0 Å². The van der Waals surface area contributed by atoms with E-state index in [0.717, 1.165) is 5.56 Å². The number of rotatable bonds is 6. The van der Waals surface area contributed by atoms with E-state index in [2.05, 4.69) is 5.10 Å². The molecular formula is C10H16N2O4S. The Kier molecular flexibility index (Phi) is 4.28. The minimum atomic E-state index is -3.33. The predicted octanol–water partition coefficient (Wildman–Crippen LogP) is 0.0981. The van der Waals surface area contributed by atoms with Crippen LogP contribution in [0.15, 0.2) is 12.4 Å². The van der Waals surface area contributed by atoms with Gasteiger partial charge in [-0.2, -0.15) is 5.10 Å². The van der Waals surface area contributed by atoms with Gasteiger partial charge in [0.1, 0.15) is 0 Å². The lowest BCUT2D eigenvalue weighted by atomic mass is 10.2. The van der Waals surface area contributed by atoms with Crippen LogP contribution in [-0.2, 0) is 28.1 Å². The molecule has 1 heterocycles. The highest BCUT2D eigenvalue weighted by Gasteiger charge is 2.20. The fraction of sp³-hybridized carbons (Fsp3) is 0.600. The summed E-state index contributed by atoms with van der Waals surface area (Å²) in [5.74, 6) is -2.32. The average Bonchev–Trinajstić information content (AvgIpc) is 2.61. The molecule has 1 N–H and O–H groups in total. The minimum absolute atomic E-state index is 0.0453. The fourth-order valence-corrected chi connectivity index (χ4v) is 3.03. The van der Waals surface area contributed by atoms with Crippen LogP contribution >= 0.6 is 0 Å². The SMILES string of the molecule is CC(CS(=O)(=O)CCc1cnn(C)c1)C(=O)O. The molecular weight excluding hydrogens is 244 g/mol. The van der Waals surface area contributed by atoms with Gasteiger partial charge in [-0.05, 0) is 12.0 Å². The van der Waals surface area contributed by atoms with Gasteiger partial charge in [0.15, 0.2) is 9.84 Å². The quantitative estimate of drug-likeness (QED) is 0.783. The molecule has 0 aliphatic carbocycles. The molecule has 7 heteroatoms. The number of carbonyl (C=O) groups is 1. The van der Waals surface area contributed by atoms with Gasteiger partial charge in [-0.25, -0.2) is 8.42 Å². The molecule has 0 amide bonds. The molecule has 96 valence electrons. The fourth-order valence-electron chi connectivity index (χ4n) is 1.41. The lowest BCUT2D eigenvalue weighted by molar-refractivity contribution is -0.140. The van der Waals surface area contributed by atoms with Crippen molar-refractivity contribution in [1.82, 2.24) is 9.78 Å². The highest BCUT2D eigenvalue weighted by atomic mass is 32.2. The summed E-state index contributed by atoms with van der Waals surface area (Å²) in [5.41, 5.74) is 0.832. The molecule has 1 unspecified atom stereocenters. The van der Waals surface area contributed by atoms with Crippen LogP contribution in [0.1, 0.15) is 12.5 Å². The van der Waals surface area contributed by atoms with E-state index in [1.165, 1.54) is 6.92 Å². The monoisotopic (exact) mass is 260 g/mol.